The zero-order valence-electron chi connectivity index (χ0n) is 33.2. The SMILES string of the molecule is CC(C)CCCCCOC(=O)c1ccccc1C(=O)OCCCCCC(C)C.CCCCCCOC(=O)c1ccccc1C(=O)OCCCCCC. The van der Waals surface area contributed by atoms with Gasteiger partial charge in [-0.05, 0) is 61.8 Å². The van der Waals surface area contributed by atoms with Gasteiger partial charge in [-0.2, -0.15) is 0 Å². The van der Waals surface area contributed by atoms with E-state index in [1.807, 2.05) is 0 Å². The van der Waals surface area contributed by atoms with Crippen molar-refractivity contribution in [1.29, 1.82) is 0 Å². The summed E-state index contributed by atoms with van der Waals surface area (Å²) < 4.78 is 21.3. The van der Waals surface area contributed by atoms with Crippen molar-refractivity contribution in [3.05, 3.63) is 70.8 Å². The van der Waals surface area contributed by atoms with Crippen molar-refractivity contribution in [2.75, 3.05) is 26.4 Å². The first kappa shape index (κ1) is 46.3. The molecule has 0 saturated carbocycles. The molecule has 0 aliphatic heterocycles. The summed E-state index contributed by atoms with van der Waals surface area (Å²) in [5, 5.41) is 0. The number of rotatable bonds is 26. The molecule has 0 radical (unpaired) electrons. The molecule has 0 aromatic heterocycles. The Morgan fingerprint density at radius 2 is 0.654 bits per heavy atom. The number of benzene rings is 2. The molecule has 52 heavy (non-hydrogen) atoms. The van der Waals surface area contributed by atoms with Crippen molar-refractivity contribution >= 4 is 23.9 Å². The summed E-state index contributed by atoms with van der Waals surface area (Å²) >= 11 is 0. The van der Waals surface area contributed by atoms with E-state index < -0.39 is 23.9 Å². The molecule has 0 fully saturated rings. The second kappa shape index (κ2) is 29.9. The Labute approximate surface area is 314 Å². The Balaban J connectivity index is 0.000000526. The molecule has 0 unspecified atom stereocenters. The minimum absolute atomic E-state index is 0.284. The van der Waals surface area contributed by atoms with Crippen LogP contribution in [0.1, 0.15) is 186 Å². The number of carbonyl (C=O) groups excluding carboxylic acids is 4. The molecule has 0 spiro atoms. The highest BCUT2D eigenvalue weighted by atomic mass is 16.5. The number of carbonyl (C=O) groups is 4. The standard InChI is InChI=1S/C24H38O4.C20H30O4/c1-19(2)13-7-5-11-17-27-23(25)21-15-9-10-16-22(21)24(26)28-18-12-6-8-14-20(3)4;1-3-5-7-11-15-23-19(21)17-13-9-10-14-18(17)20(22)24-16-12-8-6-4-2/h9-10,15-16,19-20H,5-8,11-14,17-18H2,1-4H3;9-10,13-14H,3-8,11-12,15-16H2,1-2H3. The van der Waals surface area contributed by atoms with Gasteiger partial charge in [0.25, 0.3) is 0 Å². The molecule has 0 bridgehead atoms. The monoisotopic (exact) mass is 724 g/mol. The number of esters is 4. The van der Waals surface area contributed by atoms with Crippen LogP contribution in [0.5, 0.6) is 0 Å². The van der Waals surface area contributed by atoms with Crippen molar-refractivity contribution in [2.24, 2.45) is 11.8 Å². The number of ether oxygens (including phenoxy) is 4. The van der Waals surface area contributed by atoms with Crippen molar-refractivity contribution in [2.45, 2.75) is 144 Å². The van der Waals surface area contributed by atoms with Crippen molar-refractivity contribution in [3.8, 4) is 0 Å². The summed E-state index contributed by atoms with van der Waals surface area (Å²) in [6.07, 6.45) is 16.8. The number of hydrogen-bond donors (Lipinski definition) is 0. The lowest BCUT2D eigenvalue weighted by molar-refractivity contribution is 0.0450. The Morgan fingerprint density at radius 3 is 0.885 bits per heavy atom. The third-order valence-electron chi connectivity index (χ3n) is 8.51. The van der Waals surface area contributed by atoms with Gasteiger partial charge in [-0.15, -0.1) is 0 Å². The summed E-state index contributed by atoms with van der Waals surface area (Å²) in [6.45, 7) is 14.7. The van der Waals surface area contributed by atoms with E-state index in [4.69, 9.17) is 18.9 Å². The number of hydrogen-bond acceptors (Lipinski definition) is 8. The van der Waals surface area contributed by atoms with Gasteiger partial charge >= 0.3 is 23.9 Å². The molecule has 2 aromatic carbocycles. The van der Waals surface area contributed by atoms with Crippen LogP contribution in [-0.2, 0) is 18.9 Å². The first-order valence-corrected chi connectivity index (χ1v) is 20.0. The van der Waals surface area contributed by atoms with Crippen LogP contribution in [0.2, 0.25) is 0 Å². The van der Waals surface area contributed by atoms with Crippen LogP contribution < -0.4 is 0 Å². The summed E-state index contributed by atoms with van der Waals surface area (Å²) in [7, 11) is 0. The second-order valence-corrected chi connectivity index (χ2v) is 14.2. The Morgan fingerprint density at radius 1 is 0.404 bits per heavy atom. The van der Waals surface area contributed by atoms with E-state index in [-0.39, 0.29) is 22.3 Å². The van der Waals surface area contributed by atoms with E-state index in [2.05, 4.69) is 41.5 Å². The molecule has 0 atom stereocenters. The number of unbranched alkanes of at least 4 members (excludes halogenated alkanes) is 10. The molecule has 0 aliphatic rings. The van der Waals surface area contributed by atoms with E-state index in [1.165, 1.54) is 12.8 Å². The van der Waals surface area contributed by atoms with Gasteiger partial charge in [-0.25, -0.2) is 19.2 Å². The van der Waals surface area contributed by atoms with Gasteiger partial charge in [0.05, 0.1) is 48.7 Å². The van der Waals surface area contributed by atoms with E-state index >= 15 is 0 Å². The molecular formula is C44H68O8. The van der Waals surface area contributed by atoms with Crippen LogP contribution in [0.3, 0.4) is 0 Å². The van der Waals surface area contributed by atoms with E-state index in [1.54, 1.807) is 48.5 Å². The maximum absolute atomic E-state index is 12.4. The van der Waals surface area contributed by atoms with Crippen molar-refractivity contribution in [1.82, 2.24) is 0 Å². The first-order chi connectivity index (χ1) is 25.1. The summed E-state index contributed by atoms with van der Waals surface area (Å²) in [4.78, 5) is 49.1. The van der Waals surface area contributed by atoms with Gasteiger partial charge in [-0.3, -0.25) is 0 Å². The maximum atomic E-state index is 12.4. The predicted octanol–water partition coefficient (Wildman–Crippen LogP) is 11.6. The van der Waals surface area contributed by atoms with Crippen LogP contribution >= 0.6 is 0 Å². The molecule has 0 aliphatic carbocycles. The quantitative estimate of drug-likeness (QED) is 0.0536. The molecule has 2 rings (SSSR count). The van der Waals surface area contributed by atoms with Gasteiger partial charge in [0.15, 0.2) is 0 Å². The molecule has 0 saturated heterocycles. The predicted molar refractivity (Wildman–Crippen MR) is 209 cm³/mol. The molecule has 8 heteroatoms. The fraction of sp³-hybridized carbons (Fsp3) is 0.636. The third kappa shape index (κ3) is 21.6. The van der Waals surface area contributed by atoms with Crippen LogP contribution in [-0.4, -0.2) is 50.3 Å². The second-order valence-electron chi connectivity index (χ2n) is 14.2. The normalized spacial score (nSPS) is 10.8. The largest absolute Gasteiger partial charge is 0.462 e. The fourth-order valence-electron chi connectivity index (χ4n) is 5.37. The molecular weight excluding hydrogens is 656 g/mol. The van der Waals surface area contributed by atoms with Crippen molar-refractivity contribution < 1.29 is 38.1 Å². The van der Waals surface area contributed by atoms with Gasteiger partial charge in [0.2, 0.25) is 0 Å². The first-order valence-electron chi connectivity index (χ1n) is 20.0. The fourth-order valence-corrected chi connectivity index (χ4v) is 5.37. The van der Waals surface area contributed by atoms with Gasteiger partial charge in [0.1, 0.15) is 0 Å². The lowest BCUT2D eigenvalue weighted by atomic mass is 10.1. The molecule has 0 N–H and O–H groups in total. The zero-order chi connectivity index (χ0) is 38.4. The molecule has 8 nitrogen and oxygen atoms in total. The molecule has 292 valence electrons. The Hall–Kier alpha value is -3.68. The maximum Gasteiger partial charge on any atom is 0.339 e. The summed E-state index contributed by atoms with van der Waals surface area (Å²) in [5.74, 6) is -0.400. The summed E-state index contributed by atoms with van der Waals surface area (Å²) in [5.41, 5.74) is 1.14. The van der Waals surface area contributed by atoms with E-state index in [9.17, 15) is 19.2 Å². The van der Waals surface area contributed by atoms with E-state index in [0.717, 1.165) is 89.9 Å². The highest BCUT2D eigenvalue weighted by Gasteiger charge is 2.20. The minimum Gasteiger partial charge on any atom is -0.462 e. The van der Waals surface area contributed by atoms with Crippen LogP contribution in [0.25, 0.3) is 0 Å². The molecule has 0 heterocycles. The molecule has 0 amide bonds. The minimum atomic E-state index is -0.454. The topological polar surface area (TPSA) is 105 Å². The Kier molecular flexibility index (Phi) is 26.6. The van der Waals surface area contributed by atoms with E-state index in [0.29, 0.717) is 38.3 Å². The highest BCUT2D eigenvalue weighted by Crippen LogP contribution is 2.16. The van der Waals surface area contributed by atoms with Crippen LogP contribution in [0.4, 0.5) is 0 Å². The summed E-state index contributed by atoms with van der Waals surface area (Å²) in [6, 6.07) is 13.4. The van der Waals surface area contributed by atoms with Gasteiger partial charge in [0, 0.05) is 0 Å². The van der Waals surface area contributed by atoms with Gasteiger partial charge < -0.3 is 18.9 Å². The lowest BCUT2D eigenvalue weighted by Gasteiger charge is -2.10. The highest BCUT2D eigenvalue weighted by molar-refractivity contribution is 6.03. The van der Waals surface area contributed by atoms with Crippen LogP contribution in [0.15, 0.2) is 48.5 Å². The van der Waals surface area contributed by atoms with Crippen molar-refractivity contribution in [3.63, 3.8) is 0 Å². The zero-order valence-corrected chi connectivity index (χ0v) is 33.2. The van der Waals surface area contributed by atoms with Gasteiger partial charge in [-0.1, -0.05) is 143 Å². The average molecular weight is 725 g/mol. The molecule has 2 aromatic rings. The third-order valence-corrected chi connectivity index (χ3v) is 8.51. The average Bonchev–Trinajstić information content (AvgIpc) is 3.14. The lowest BCUT2D eigenvalue weighted by Crippen LogP contribution is -2.15. The van der Waals surface area contributed by atoms with Crippen LogP contribution in [0, 0.1) is 11.8 Å². The Bertz CT molecular complexity index is 1170. The smallest absolute Gasteiger partial charge is 0.339 e.